The van der Waals surface area contributed by atoms with Crippen LogP contribution in [0.25, 0.3) is 0 Å². The van der Waals surface area contributed by atoms with E-state index in [1.54, 1.807) is 18.2 Å². The van der Waals surface area contributed by atoms with Crippen LogP contribution in [0.15, 0.2) is 58.3 Å². The average Bonchev–Trinajstić information content (AvgIpc) is 2.33. The highest BCUT2D eigenvalue weighted by molar-refractivity contribution is 8.10. The average molecular weight is 266 g/mol. The van der Waals surface area contributed by atoms with Gasteiger partial charge in [0.25, 0.3) is 0 Å². The molecule has 6 heteroatoms. The second-order valence-corrected chi connectivity index (χ2v) is 6.58. The second-order valence-electron chi connectivity index (χ2n) is 3.94. The second kappa shape index (κ2) is 3.81. The summed E-state index contributed by atoms with van der Waals surface area (Å²) < 4.78 is 32.9. The van der Waals surface area contributed by atoms with Gasteiger partial charge in [-0.3, -0.25) is 0 Å². The van der Waals surface area contributed by atoms with Crippen LogP contribution < -0.4 is 11.5 Å². The molecule has 0 aliphatic heterocycles. The van der Waals surface area contributed by atoms with Crippen molar-refractivity contribution in [1.29, 1.82) is 0 Å². The molecule has 96 valence electrons. The molecular formula is C12H14N2O3S. The van der Waals surface area contributed by atoms with Crippen molar-refractivity contribution >= 4 is 21.0 Å². The molecule has 2 aromatic carbocycles. The van der Waals surface area contributed by atoms with Crippen LogP contribution in [-0.4, -0.2) is 13.3 Å². The van der Waals surface area contributed by atoms with Crippen molar-refractivity contribution in [3.05, 3.63) is 48.5 Å². The number of hydrogen-bond donors (Lipinski definition) is 4. The summed E-state index contributed by atoms with van der Waals surface area (Å²) in [6.45, 7) is 0. The minimum atomic E-state index is -5.19. The van der Waals surface area contributed by atoms with E-state index in [-0.39, 0.29) is 21.2 Å². The van der Waals surface area contributed by atoms with Gasteiger partial charge in [0.05, 0.1) is 21.2 Å². The molecule has 0 radical (unpaired) electrons. The van der Waals surface area contributed by atoms with Crippen molar-refractivity contribution in [2.24, 2.45) is 0 Å². The van der Waals surface area contributed by atoms with Crippen molar-refractivity contribution in [2.45, 2.75) is 9.79 Å². The Morgan fingerprint density at radius 2 is 1.50 bits per heavy atom. The van der Waals surface area contributed by atoms with Crippen molar-refractivity contribution in [3.63, 3.8) is 0 Å². The minimum absolute atomic E-state index is 0.0941. The van der Waals surface area contributed by atoms with Crippen LogP contribution in [0.4, 0.5) is 11.4 Å². The van der Waals surface area contributed by atoms with Crippen LogP contribution >= 0.6 is 0 Å². The summed E-state index contributed by atoms with van der Waals surface area (Å²) in [5, 5.41) is 0. The molecule has 0 atom stereocenters. The molecule has 0 aliphatic rings. The van der Waals surface area contributed by atoms with Crippen LogP contribution in [-0.2, 0) is 9.63 Å². The Morgan fingerprint density at radius 1 is 0.889 bits per heavy atom. The molecule has 6 N–H and O–H groups in total. The molecule has 0 fully saturated rings. The molecule has 18 heavy (non-hydrogen) atoms. The van der Waals surface area contributed by atoms with E-state index in [1.165, 1.54) is 30.3 Å². The van der Waals surface area contributed by atoms with E-state index in [2.05, 4.69) is 0 Å². The van der Waals surface area contributed by atoms with Crippen molar-refractivity contribution in [2.75, 3.05) is 11.5 Å². The fraction of sp³-hybridized carbons (Fsp3) is 0. The molecule has 0 bridgehead atoms. The quantitative estimate of drug-likeness (QED) is 0.622. The first-order chi connectivity index (χ1) is 8.31. The Kier molecular flexibility index (Phi) is 2.66. The Morgan fingerprint density at radius 3 is 2.11 bits per heavy atom. The summed E-state index contributed by atoms with van der Waals surface area (Å²) in [4.78, 5) is -0.398. The van der Waals surface area contributed by atoms with E-state index >= 15 is 0 Å². The van der Waals surface area contributed by atoms with Crippen molar-refractivity contribution in [1.82, 2.24) is 0 Å². The molecule has 0 saturated carbocycles. The first-order valence-corrected chi connectivity index (χ1v) is 7.05. The topological polar surface area (TPSA) is 110 Å². The summed E-state index contributed by atoms with van der Waals surface area (Å²) in [7, 11) is -5.19. The lowest BCUT2D eigenvalue weighted by molar-refractivity contribution is 0.390. The van der Waals surface area contributed by atoms with Crippen LogP contribution in [0, 0.1) is 0 Å². The number of nitrogens with two attached hydrogens (primary N) is 2. The number of nitrogen functional groups attached to an aromatic ring is 2. The van der Waals surface area contributed by atoms with Gasteiger partial charge in [-0.1, -0.05) is 24.3 Å². The lowest BCUT2D eigenvalue weighted by Gasteiger charge is -2.32. The number of hydrogen-bond acceptors (Lipinski definition) is 3. The highest BCUT2D eigenvalue weighted by Gasteiger charge is 2.37. The summed E-state index contributed by atoms with van der Waals surface area (Å²) >= 11 is 0. The molecule has 2 aromatic rings. The fourth-order valence-corrected chi connectivity index (χ4v) is 3.41. The van der Waals surface area contributed by atoms with Gasteiger partial charge in [0.2, 0.25) is 0 Å². The Labute approximate surface area is 104 Å². The molecule has 0 heterocycles. The summed E-state index contributed by atoms with van der Waals surface area (Å²) in [6.07, 6.45) is 0. The minimum Gasteiger partial charge on any atom is -0.397 e. The molecule has 0 saturated heterocycles. The maximum absolute atomic E-state index is 12.5. The third kappa shape index (κ3) is 1.86. The normalized spacial score (nSPS) is 13.8. The third-order valence-corrected chi connectivity index (χ3v) is 4.94. The van der Waals surface area contributed by atoms with Gasteiger partial charge in [0, 0.05) is 0 Å². The van der Waals surface area contributed by atoms with Gasteiger partial charge in [-0.15, -0.1) is 0 Å². The zero-order valence-corrected chi connectivity index (χ0v) is 10.3. The van der Waals surface area contributed by atoms with Gasteiger partial charge in [0.15, 0.2) is 0 Å². The SMILES string of the molecule is Nc1cccc(S(=O)(O)(O)c2ccccc2)c1N. The van der Waals surface area contributed by atoms with E-state index in [1.807, 2.05) is 0 Å². The Hall–Kier alpha value is -1.89. The lowest BCUT2D eigenvalue weighted by Crippen LogP contribution is -2.32. The van der Waals surface area contributed by atoms with Crippen LogP contribution in [0.1, 0.15) is 0 Å². The lowest BCUT2D eigenvalue weighted by atomic mass is 10.3. The summed E-state index contributed by atoms with van der Waals surface area (Å²) in [6, 6.07) is 11.7. The van der Waals surface area contributed by atoms with Gasteiger partial charge in [0.1, 0.15) is 9.63 Å². The van der Waals surface area contributed by atoms with Gasteiger partial charge in [-0.05, 0) is 24.3 Å². The molecule has 0 aliphatic carbocycles. The van der Waals surface area contributed by atoms with E-state index in [4.69, 9.17) is 11.5 Å². The predicted octanol–water partition coefficient (Wildman–Crippen LogP) is 2.04. The van der Waals surface area contributed by atoms with E-state index in [0.717, 1.165) is 0 Å². The first kappa shape index (κ1) is 12.6. The third-order valence-electron chi connectivity index (χ3n) is 2.66. The van der Waals surface area contributed by atoms with Crippen molar-refractivity contribution < 1.29 is 13.3 Å². The molecular weight excluding hydrogens is 252 g/mol. The van der Waals surface area contributed by atoms with Crippen LogP contribution in [0.3, 0.4) is 0 Å². The molecule has 2 rings (SSSR count). The van der Waals surface area contributed by atoms with Gasteiger partial charge in [-0.2, -0.15) is 0 Å². The number of anilines is 2. The molecule has 0 amide bonds. The maximum Gasteiger partial charge on any atom is 0.137 e. The zero-order chi connectivity index (χ0) is 13.4. The Balaban J connectivity index is 2.75. The maximum atomic E-state index is 12.5. The summed E-state index contributed by atoms with van der Waals surface area (Å²) in [5.74, 6) is 0. The summed E-state index contributed by atoms with van der Waals surface area (Å²) in [5.41, 5.74) is 11.3. The number of benzene rings is 2. The standard InChI is InChI=1S/C12H14N2O3S/c13-10-7-4-8-11(12(10)14)18(15,16,17)9-5-2-1-3-6-9/h1-8H,13-14H2,(H2,15,16,17). The van der Waals surface area contributed by atoms with Gasteiger partial charge >= 0.3 is 0 Å². The fourth-order valence-electron chi connectivity index (χ4n) is 1.67. The number of rotatable bonds is 2. The monoisotopic (exact) mass is 266 g/mol. The largest absolute Gasteiger partial charge is 0.397 e. The zero-order valence-electron chi connectivity index (χ0n) is 9.48. The van der Waals surface area contributed by atoms with Gasteiger partial charge in [-0.25, -0.2) is 4.21 Å². The molecule has 0 unspecified atom stereocenters. The van der Waals surface area contributed by atoms with E-state index < -0.39 is 9.63 Å². The van der Waals surface area contributed by atoms with Crippen LogP contribution in [0.2, 0.25) is 0 Å². The smallest absolute Gasteiger partial charge is 0.137 e. The van der Waals surface area contributed by atoms with E-state index in [0.29, 0.717) is 0 Å². The number of para-hydroxylation sites is 1. The molecule has 0 spiro atoms. The van der Waals surface area contributed by atoms with Gasteiger partial charge < -0.3 is 20.6 Å². The molecule has 0 aromatic heterocycles. The predicted molar refractivity (Wildman–Crippen MR) is 71.6 cm³/mol. The highest BCUT2D eigenvalue weighted by atomic mass is 32.3. The first-order valence-electron chi connectivity index (χ1n) is 5.17. The highest BCUT2D eigenvalue weighted by Crippen LogP contribution is 2.41. The van der Waals surface area contributed by atoms with Crippen LogP contribution in [0.5, 0.6) is 0 Å². The van der Waals surface area contributed by atoms with Crippen molar-refractivity contribution in [3.8, 4) is 0 Å². The molecule has 5 nitrogen and oxygen atoms in total. The Bertz CT molecular complexity index is 650. The van der Waals surface area contributed by atoms with E-state index in [9.17, 15) is 13.3 Å².